The Hall–Kier alpha value is -2.83. The van der Waals surface area contributed by atoms with Crippen molar-refractivity contribution in [3.63, 3.8) is 0 Å². The van der Waals surface area contributed by atoms with Crippen LogP contribution in [0.5, 0.6) is 0 Å². The zero-order chi connectivity index (χ0) is 21.2. The van der Waals surface area contributed by atoms with E-state index < -0.39 is 15.9 Å². The molecule has 0 saturated heterocycles. The van der Waals surface area contributed by atoms with Crippen LogP contribution in [0.25, 0.3) is 0 Å². The van der Waals surface area contributed by atoms with E-state index in [0.717, 1.165) is 11.1 Å². The van der Waals surface area contributed by atoms with E-state index in [-0.39, 0.29) is 10.5 Å². The lowest BCUT2D eigenvalue weighted by Crippen LogP contribution is -2.26. The molecule has 0 unspecified atom stereocenters. The number of halogens is 1. The topological polar surface area (TPSA) is 66.5 Å². The second-order valence-electron chi connectivity index (χ2n) is 6.70. The molecule has 0 radical (unpaired) electrons. The quantitative estimate of drug-likeness (QED) is 0.619. The fourth-order valence-electron chi connectivity index (χ4n) is 2.79. The molecule has 0 spiro atoms. The third-order valence-corrected chi connectivity index (χ3v) is 6.86. The van der Waals surface area contributed by atoms with E-state index in [9.17, 15) is 13.2 Å². The van der Waals surface area contributed by atoms with Crippen molar-refractivity contribution in [1.29, 1.82) is 0 Å². The van der Waals surface area contributed by atoms with Crippen LogP contribution in [-0.2, 0) is 10.0 Å². The largest absolute Gasteiger partial charge is 0.322 e. The molecule has 1 amide bonds. The summed E-state index contributed by atoms with van der Waals surface area (Å²) in [7, 11) is -2.33. The van der Waals surface area contributed by atoms with E-state index in [1.54, 1.807) is 49.4 Å². The van der Waals surface area contributed by atoms with Crippen LogP contribution in [-0.4, -0.2) is 21.4 Å². The monoisotopic (exact) mass is 428 g/mol. The predicted octanol–water partition coefficient (Wildman–Crippen LogP) is 5.03. The predicted molar refractivity (Wildman–Crippen MR) is 117 cm³/mol. The molecule has 0 aliphatic rings. The van der Waals surface area contributed by atoms with E-state index >= 15 is 0 Å². The highest BCUT2D eigenvalue weighted by molar-refractivity contribution is 7.92. The first-order valence-corrected chi connectivity index (χ1v) is 10.7. The average Bonchev–Trinajstić information content (AvgIpc) is 2.71. The van der Waals surface area contributed by atoms with Gasteiger partial charge in [0, 0.05) is 23.3 Å². The number of sulfonamides is 1. The van der Waals surface area contributed by atoms with Crippen molar-refractivity contribution in [1.82, 2.24) is 0 Å². The van der Waals surface area contributed by atoms with Crippen molar-refractivity contribution in [3.05, 3.63) is 88.4 Å². The Kier molecular flexibility index (Phi) is 5.96. The third-order valence-electron chi connectivity index (χ3n) is 4.67. The molecule has 0 aromatic heterocycles. The van der Waals surface area contributed by atoms with Gasteiger partial charge in [-0.1, -0.05) is 41.4 Å². The van der Waals surface area contributed by atoms with E-state index in [1.807, 2.05) is 19.1 Å². The van der Waals surface area contributed by atoms with Crippen molar-refractivity contribution in [2.24, 2.45) is 0 Å². The number of hydrogen-bond donors (Lipinski definition) is 1. The van der Waals surface area contributed by atoms with Crippen LogP contribution in [0.15, 0.2) is 71.6 Å². The molecule has 0 saturated carbocycles. The summed E-state index contributed by atoms with van der Waals surface area (Å²) in [4.78, 5) is 12.7. The summed E-state index contributed by atoms with van der Waals surface area (Å²) in [6.45, 7) is 3.73. The van der Waals surface area contributed by atoms with Gasteiger partial charge in [-0.2, -0.15) is 0 Å². The summed E-state index contributed by atoms with van der Waals surface area (Å²) >= 11 is 6.10. The van der Waals surface area contributed by atoms with Gasteiger partial charge in [0.05, 0.1) is 10.6 Å². The van der Waals surface area contributed by atoms with Crippen LogP contribution in [0.4, 0.5) is 11.4 Å². The summed E-state index contributed by atoms with van der Waals surface area (Å²) in [5.41, 5.74) is 3.13. The third kappa shape index (κ3) is 4.44. The molecule has 0 atom stereocenters. The van der Waals surface area contributed by atoms with Crippen molar-refractivity contribution in [3.8, 4) is 0 Å². The maximum atomic E-state index is 13.0. The molecule has 1 N–H and O–H groups in total. The van der Waals surface area contributed by atoms with Gasteiger partial charge in [0.2, 0.25) is 0 Å². The molecule has 7 heteroatoms. The van der Waals surface area contributed by atoms with E-state index in [4.69, 9.17) is 11.6 Å². The Morgan fingerprint density at radius 1 is 0.966 bits per heavy atom. The molecule has 3 rings (SSSR count). The highest BCUT2D eigenvalue weighted by atomic mass is 35.5. The van der Waals surface area contributed by atoms with E-state index in [0.29, 0.717) is 16.4 Å². The van der Waals surface area contributed by atoms with Crippen LogP contribution in [0.1, 0.15) is 21.5 Å². The van der Waals surface area contributed by atoms with Gasteiger partial charge in [-0.25, -0.2) is 8.42 Å². The summed E-state index contributed by atoms with van der Waals surface area (Å²) < 4.78 is 27.3. The number of carbonyl (C=O) groups is 1. The fourth-order valence-corrected chi connectivity index (χ4v) is 4.20. The maximum Gasteiger partial charge on any atom is 0.264 e. The van der Waals surface area contributed by atoms with Crippen LogP contribution >= 0.6 is 11.6 Å². The second kappa shape index (κ2) is 8.27. The molecule has 150 valence electrons. The van der Waals surface area contributed by atoms with Crippen LogP contribution in [0.2, 0.25) is 5.02 Å². The van der Waals surface area contributed by atoms with Crippen molar-refractivity contribution in [2.75, 3.05) is 16.7 Å². The SMILES string of the molecule is Cc1ccc(N(C)S(=O)(=O)c2cccc(C(=O)Nc3cccc(Cl)c3C)c2)cc1. The Morgan fingerprint density at radius 2 is 1.62 bits per heavy atom. The number of amides is 1. The number of aryl methyl sites for hydroxylation is 1. The molecule has 0 aliphatic carbocycles. The normalized spacial score (nSPS) is 11.2. The van der Waals surface area contributed by atoms with Crippen LogP contribution < -0.4 is 9.62 Å². The molecule has 29 heavy (non-hydrogen) atoms. The Bertz CT molecular complexity index is 1160. The molecular weight excluding hydrogens is 408 g/mol. The minimum atomic E-state index is -3.82. The van der Waals surface area contributed by atoms with Crippen molar-refractivity contribution in [2.45, 2.75) is 18.7 Å². The summed E-state index contributed by atoms with van der Waals surface area (Å²) in [5.74, 6) is -0.412. The average molecular weight is 429 g/mol. The summed E-state index contributed by atoms with van der Waals surface area (Å²) in [6.07, 6.45) is 0. The van der Waals surface area contributed by atoms with Gasteiger partial charge >= 0.3 is 0 Å². The van der Waals surface area contributed by atoms with Gasteiger partial charge in [-0.05, 0) is 61.9 Å². The molecule has 0 fully saturated rings. The zero-order valence-electron chi connectivity index (χ0n) is 16.3. The van der Waals surface area contributed by atoms with Gasteiger partial charge in [0.25, 0.3) is 15.9 Å². The van der Waals surface area contributed by atoms with Crippen LogP contribution in [0, 0.1) is 13.8 Å². The van der Waals surface area contributed by atoms with Crippen molar-refractivity contribution < 1.29 is 13.2 Å². The first-order valence-electron chi connectivity index (χ1n) is 8.92. The maximum absolute atomic E-state index is 13.0. The van der Waals surface area contributed by atoms with Crippen LogP contribution in [0.3, 0.4) is 0 Å². The highest BCUT2D eigenvalue weighted by Crippen LogP contribution is 2.25. The first-order chi connectivity index (χ1) is 13.7. The lowest BCUT2D eigenvalue weighted by atomic mass is 10.1. The van der Waals surface area contributed by atoms with Gasteiger partial charge < -0.3 is 5.32 Å². The Balaban J connectivity index is 1.89. The number of anilines is 2. The molecule has 0 aliphatic heterocycles. The van der Waals surface area contributed by atoms with Gasteiger partial charge in [-0.3, -0.25) is 9.10 Å². The summed E-state index contributed by atoms with van der Waals surface area (Å²) in [6, 6.07) is 18.4. The smallest absolute Gasteiger partial charge is 0.264 e. The number of hydrogen-bond acceptors (Lipinski definition) is 3. The van der Waals surface area contributed by atoms with Crippen molar-refractivity contribution >= 4 is 38.9 Å². The first kappa shape index (κ1) is 20.9. The van der Waals surface area contributed by atoms with Gasteiger partial charge in [0.1, 0.15) is 0 Å². The fraction of sp³-hybridized carbons (Fsp3) is 0.136. The number of nitrogens with one attached hydrogen (secondary N) is 1. The van der Waals surface area contributed by atoms with Gasteiger partial charge in [0.15, 0.2) is 0 Å². The summed E-state index contributed by atoms with van der Waals surface area (Å²) in [5, 5.41) is 3.32. The molecule has 3 aromatic carbocycles. The lowest BCUT2D eigenvalue weighted by molar-refractivity contribution is 0.102. The minimum Gasteiger partial charge on any atom is -0.322 e. The highest BCUT2D eigenvalue weighted by Gasteiger charge is 2.22. The molecule has 3 aromatic rings. The van der Waals surface area contributed by atoms with E-state index in [1.165, 1.54) is 23.5 Å². The molecular formula is C22H21ClN2O3S. The lowest BCUT2D eigenvalue weighted by Gasteiger charge is -2.20. The zero-order valence-corrected chi connectivity index (χ0v) is 17.9. The number of nitrogens with zero attached hydrogens (tertiary/aromatic N) is 1. The second-order valence-corrected chi connectivity index (χ2v) is 9.08. The standard InChI is InChI=1S/C22H21ClN2O3S/c1-15-10-12-18(13-11-15)25(3)29(27,28)19-7-4-6-17(14-19)22(26)24-21-9-5-8-20(23)16(21)2/h4-14H,1-3H3,(H,24,26). The minimum absolute atomic E-state index is 0.0380. The molecule has 5 nitrogen and oxygen atoms in total. The number of carbonyl (C=O) groups excluding carboxylic acids is 1. The Morgan fingerprint density at radius 3 is 2.31 bits per heavy atom. The molecule has 0 heterocycles. The number of benzene rings is 3. The Labute approximate surface area is 176 Å². The van der Waals surface area contributed by atoms with Gasteiger partial charge in [-0.15, -0.1) is 0 Å². The van der Waals surface area contributed by atoms with E-state index in [2.05, 4.69) is 5.32 Å². The molecule has 0 bridgehead atoms. The number of rotatable bonds is 5.